The molecule has 0 aromatic carbocycles. The molecular weight excluding hydrogens is 475 g/mol. The summed E-state index contributed by atoms with van der Waals surface area (Å²) in [6.45, 7) is 5.68. The van der Waals surface area contributed by atoms with Crippen LogP contribution in [0.1, 0.15) is 37.2 Å². The van der Waals surface area contributed by atoms with Gasteiger partial charge in [0.25, 0.3) is 0 Å². The van der Waals surface area contributed by atoms with Crippen LogP contribution >= 0.6 is 24.0 Å². The maximum absolute atomic E-state index is 10.6. The Morgan fingerprint density at radius 1 is 1.43 bits per heavy atom. The fourth-order valence-electron chi connectivity index (χ4n) is 2.86. The lowest BCUT2D eigenvalue weighted by Crippen LogP contribution is -2.46. The zero-order chi connectivity index (χ0) is 19.3. The predicted octanol–water partition coefficient (Wildman–Crippen LogP) is 1.46. The van der Waals surface area contributed by atoms with Crippen LogP contribution in [0.15, 0.2) is 27.8 Å². The van der Waals surface area contributed by atoms with Gasteiger partial charge in [-0.3, -0.25) is 0 Å². The third-order valence-electron chi connectivity index (χ3n) is 4.73. The van der Waals surface area contributed by atoms with E-state index in [1.54, 1.807) is 25.3 Å². The fourth-order valence-corrected chi connectivity index (χ4v) is 2.86. The fraction of sp³-hybridized carbons (Fsp3) is 0.611. The van der Waals surface area contributed by atoms with Crippen LogP contribution in [0.2, 0.25) is 0 Å². The van der Waals surface area contributed by atoms with Crippen LogP contribution in [0, 0.1) is 6.92 Å². The number of nitrogens with zero attached hydrogens (tertiary/aromatic N) is 4. The highest BCUT2D eigenvalue weighted by Crippen LogP contribution is 2.19. The van der Waals surface area contributed by atoms with Gasteiger partial charge in [0, 0.05) is 20.2 Å². The van der Waals surface area contributed by atoms with E-state index in [0.717, 1.165) is 31.1 Å². The highest BCUT2D eigenvalue weighted by atomic mass is 127. The van der Waals surface area contributed by atoms with Crippen LogP contribution < -0.4 is 10.6 Å². The third kappa shape index (κ3) is 5.92. The molecule has 0 spiro atoms. The van der Waals surface area contributed by atoms with E-state index in [0.29, 0.717) is 24.8 Å². The van der Waals surface area contributed by atoms with Crippen LogP contribution in [0.25, 0.3) is 0 Å². The van der Waals surface area contributed by atoms with Crippen molar-refractivity contribution >= 4 is 29.9 Å². The second kappa shape index (κ2) is 10.2. The molecule has 0 saturated carbocycles. The maximum Gasteiger partial charge on any atom is 0.191 e. The van der Waals surface area contributed by atoms with E-state index in [-0.39, 0.29) is 36.6 Å². The van der Waals surface area contributed by atoms with Gasteiger partial charge in [0.15, 0.2) is 11.8 Å². The van der Waals surface area contributed by atoms with Crippen molar-refractivity contribution in [1.82, 2.24) is 25.4 Å². The molecule has 28 heavy (non-hydrogen) atoms. The second-order valence-electron chi connectivity index (χ2n) is 7.01. The summed E-state index contributed by atoms with van der Waals surface area (Å²) in [6.07, 6.45) is 3.84. The van der Waals surface area contributed by atoms with E-state index < -0.39 is 5.60 Å². The summed E-state index contributed by atoms with van der Waals surface area (Å²) >= 11 is 0. The number of aryl methyl sites for hydroxylation is 1. The smallest absolute Gasteiger partial charge is 0.191 e. The monoisotopic (exact) mass is 504 g/mol. The largest absolute Gasteiger partial charge is 0.466 e. The number of halogens is 1. The number of rotatable bonds is 7. The van der Waals surface area contributed by atoms with E-state index in [1.165, 1.54) is 0 Å². The molecule has 2 atom stereocenters. The van der Waals surface area contributed by atoms with Gasteiger partial charge in [0.1, 0.15) is 23.7 Å². The lowest BCUT2D eigenvalue weighted by atomic mass is 10.0. The molecule has 3 rings (SSSR count). The SMILES string of the molecule is Cc1nnc(CN=C(NCC2CCCO2)NCC(C)(O)c2ccco2)n1C.I. The first-order valence-electron chi connectivity index (χ1n) is 9.21. The molecule has 156 valence electrons. The number of nitrogens with one attached hydrogen (secondary N) is 2. The minimum atomic E-state index is -1.16. The van der Waals surface area contributed by atoms with Crippen molar-refractivity contribution in [2.75, 3.05) is 19.7 Å². The number of hydrogen-bond acceptors (Lipinski definition) is 6. The zero-order valence-corrected chi connectivity index (χ0v) is 18.8. The highest BCUT2D eigenvalue weighted by Gasteiger charge is 2.26. The molecule has 10 heteroatoms. The summed E-state index contributed by atoms with van der Waals surface area (Å²) in [7, 11) is 1.91. The minimum absolute atomic E-state index is 0. The number of aliphatic hydroxyl groups is 1. The van der Waals surface area contributed by atoms with Crippen molar-refractivity contribution in [1.29, 1.82) is 0 Å². The van der Waals surface area contributed by atoms with Gasteiger partial charge in [-0.15, -0.1) is 34.2 Å². The van der Waals surface area contributed by atoms with Crippen LogP contribution in [0.3, 0.4) is 0 Å². The van der Waals surface area contributed by atoms with E-state index in [4.69, 9.17) is 9.15 Å². The Morgan fingerprint density at radius 3 is 2.86 bits per heavy atom. The van der Waals surface area contributed by atoms with Gasteiger partial charge in [0.2, 0.25) is 0 Å². The van der Waals surface area contributed by atoms with Crippen LogP contribution in [-0.2, 0) is 23.9 Å². The van der Waals surface area contributed by atoms with Crippen molar-refractivity contribution in [3.8, 4) is 0 Å². The van der Waals surface area contributed by atoms with E-state index in [1.807, 2.05) is 18.5 Å². The molecule has 1 saturated heterocycles. The van der Waals surface area contributed by atoms with Gasteiger partial charge in [-0.05, 0) is 38.8 Å². The third-order valence-corrected chi connectivity index (χ3v) is 4.73. The molecule has 2 aromatic rings. The summed E-state index contributed by atoms with van der Waals surface area (Å²) in [5.74, 6) is 2.68. The Balaban J connectivity index is 0.00000280. The molecule has 2 aromatic heterocycles. The zero-order valence-electron chi connectivity index (χ0n) is 16.5. The highest BCUT2D eigenvalue weighted by molar-refractivity contribution is 14.0. The van der Waals surface area contributed by atoms with Gasteiger partial charge >= 0.3 is 0 Å². The van der Waals surface area contributed by atoms with Crippen molar-refractivity contribution in [3.63, 3.8) is 0 Å². The van der Waals surface area contributed by atoms with Crippen LogP contribution in [0.4, 0.5) is 0 Å². The summed E-state index contributed by atoms with van der Waals surface area (Å²) in [5.41, 5.74) is -1.16. The Kier molecular flexibility index (Phi) is 8.25. The average Bonchev–Trinajstić information content (AvgIpc) is 3.40. The molecule has 2 unspecified atom stereocenters. The summed E-state index contributed by atoms with van der Waals surface area (Å²) in [4.78, 5) is 4.59. The van der Waals surface area contributed by atoms with Crippen molar-refractivity contribution in [2.45, 2.75) is 44.9 Å². The molecule has 9 nitrogen and oxygen atoms in total. The molecule has 1 aliphatic heterocycles. The first-order chi connectivity index (χ1) is 13.0. The topological polar surface area (TPSA) is 110 Å². The molecule has 1 fully saturated rings. The van der Waals surface area contributed by atoms with Gasteiger partial charge in [-0.2, -0.15) is 0 Å². The van der Waals surface area contributed by atoms with Crippen molar-refractivity contribution in [2.24, 2.45) is 12.0 Å². The molecule has 0 aliphatic carbocycles. The standard InChI is InChI=1S/C18H28N6O3.HI/c1-13-22-23-16(24(13)3)11-20-17(19-10-14-6-4-8-26-14)21-12-18(2,25)15-7-5-9-27-15;/h5,7,9,14,25H,4,6,8,10-12H2,1-3H3,(H2,19,20,21);1H. The number of furan rings is 1. The van der Waals surface area contributed by atoms with Crippen molar-refractivity contribution in [3.05, 3.63) is 35.8 Å². The number of aliphatic imine (C=N–C) groups is 1. The lowest BCUT2D eigenvalue weighted by Gasteiger charge is -2.23. The van der Waals surface area contributed by atoms with Gasteiger partial charge in [-0.1, -0.05) is 0 Å². The van der Waals surface area contributed by atoms with Crippen molar-refractivity contribution < 1.29 is 14.3 Å². The molecule has 1 aliphatic rings. The molecular formula is C18H29IN6O3. The minimum Gasteiger partial charge on any atom is -0.466 e. The number of guanidine groups is 1. The Hall–Kier alpha value is -1.66. The molecule has 3 heterocycles. The normalized spacial score (nSPS) is 19.1. The Labute approximate surface area is 182 Å². The second-order valence-corrected chi connectivity index (χ2v) is 7.01. The number of hydrogen-bond donors (Lipinski definition) is 3. The first-order valence-corrected chi connectivity index (χ1v) is 9.21. The molecule has 0 amide bonds. The predicted molar refractivity (Wildman–Crippen MR) is 116 cm³/mol. The lowest BCUT2D eigenvalue weighted by molar-refractivity contribution is 0.0385. The summed E-state index contributed by atoms with van der Waals surface area (Å²) in [5, 5.41) is 25.3. The number of ether oxygens (including phenoxy) is 1. The van der Waals surface area contributed by atoms with Gasteiger partial charge in [0.05, 0.1) is 18.9 Å². The first kappa shape index (κ1) is 22.6. The molecule has 3 N–H and O–H groups in total. The molecule has 0 radical (unpaired) electrons. The van der Waals surface area contributed by atoms with E-state index in [9.17, 15) is 5.11 Å². The quantitative estimate of drug-likeness (QED) is 0.298. The van der Waals surface area contributed by atoms with Gasteiger partial charge in [-0.25, -0.2) is 4.99 Å². The van der Waals surface area contributed by atoms with E-state index in [2.05, 4.69) is 25.8 Å². The van der Waals surface area contributed by atoms with E-state index >= 15 is 0 Å². The Bertz CT molecular complexity index is 753. The van der Waals surface area contributed by atoms with Gasteiger partial charge < -0.3 is 29.5 Å². The average molecular weight is 504 g/mol. The molecule has 0 bridgehead atoms. The van der Waals surface area contributed by atoms with Crippen LogP contribution in [-0.4, -0.2) is 51.6 Å². The summed E-state index contributed by atoms with van der Waals surface area (Å²) in [6, 6.07) is 3.51. The Morgan fingerprint density at radius 2 is 2.25 bits per heavy atom. The maximum atomic E-state index is 10.6. The summed E-state index contributed by atoms with van der Waals surface area (Å²) < 4.78 is 12.9. The number of aromatic nitrogens is 3. The van der Waals surface area contributed by atoms with Crippen LogP contribution in [0.5, 0.6) is 0 Å².